The molecular formula is C14H22N2O3S. The summed E-state index contributed by atoms with van der Waals surface area (Å²) in [6, 6.07) is 3.53. The first-order valence-corrected chi connectivity index (χ1v) is 7.59. The molecule has 1 heterocycles. The normalized spacial score (nSPS) is 13.6. The fourth-order valence-electron chi connectivity index (χ4n) is 1.83. The fraction of sp³-hybridized carbons (Fsp3) is 0.571. The topological polar surface area (TPSA) is 78.4 Å². The summed E-state index contributed by atoms with van der Waals surface area (Å²) < 4.78 is 0. The molecule has 0 aliphatic carbocycles. The molecule has 1 rings (SSSR count). The number of nitrogens with one attached hydrogen (secondary N) is 2. The van der Waals surface area contributed by atoms with Crippen LogP contribution >= 0.6 is 11.3 Å². The van der Waals surface area contributed by atoms with Gasteiger partial charge in [-0.2, -0.15) is 0 Å². The Kier molecular flexibility index (Phi) is 7.25. The summed E-state index contributed by atoms with van der Waals surface area (Å²) in [7, 11) is 0. The summed E-state index contributed by atoms with van der Waals surface area (Å²) in [4.78, 5) is 24.1. The van der Waals surface area contributed by atoms with Gasteiger partial charge in [0.05, 0.1) is 12.5 Å². The number of thiophene rings is 1. The van der Waals surface area contributed by atoms with E-state index in [2.05, 4.69) is 10.6 Å². The Morgan fingerprint density at radius 2 is 2.20 bits per heavy atom. The number of carbonyl (C=O) groups is 2. The van der Waals surface area contributed by atoms with Crippen LogP contribution in [-0.2, 0) is 9.59 Å². The van der Waals surface area contributed by atoms with Crippen molar-refractivity contribution >= 4 is 23.2 Å². The van der Waals surface area contributed by atoms with Crippen molar-refractivity contribution in [2.75, 3.05) is 13.2 Å². The number of hydrogen-bond donors (Lipinski definition) is 3. The third-order valence-electron chi connectivity index (χ3n) is 2.92. The van der Waals surface area contributed by atoms with Crippen LogP contribution in [0.3, 0.4) is 0 Å². The fourth-order valence-corrected chi connectivity index (χ4v) is 2.60. The first-order valence-electron chi connectivity index (χ1n) is 6.71. The summed E-state index contributed by atoms with van der Waals surface area (Å²) in [6.45, 7) is 4.08. The molecule has 1 aromatic heterocycles. The van der Waals surface area contributed by atoms with Gasteiger partial charge in [-0.1, -0.05) is 13.0 Å². The number of carbonyl (C=O) groups excluding carboxylic acids is 2. The highest BCUT2D eigenvalue weighted by Gasteiger charge is 2.18. The van der Waals surface area contributed by atoms with Crippen molar-refractivity contribution in [3.05, 3.63) is 22.4 Å². The summed E-state index contributed by atoms with van der Waals surface area (Å²) in [5.74, 6) is -0.00306. The summed E-state index contributed by atoms with van der Waals surface area (Å²) in [6.07, 6.45) is 0.895. The number of amides is 2. The Morgan fingerprint density at radius 3 is 2.75 bits per heavy atom. The molecule has 0 aromatic carbocycles. The molecule has 0 spiro atoms. The molecule has 1 aromatic rings. The van der Waals surface area contributed by atoms with E-state index in [-0.39, 0.29) is 36.8 Å². The molecule has 6 heteroatoms. The van der Waals surface area contributed by atoms with Gasteiger partial charge >= 0.3 is 0 Å². The van der Waals surface area contributed by atoms with Crippen LogP contribution in [0.1, 0.15) is 37.6 Å². The van der Waals surface area contributed by atoms with E-state index in [0.717, 1.165) is 4.88 Å². The van der Waals surface area contributed by atoms with Gasteiger partial charge in [-0.05, 0) is 23.8 Å². The Hall–Kier alpha value is -1.40. The van der Waals surface area contributed by atoms with Crippen LogP contribution < -0.4 is 10.6 Å². The molecular weight excluding hydrogens is 276 g/mol. The van der Waals surface area contributed by atoms with Gasteiger partial charge in [0, 0.05) is 25.0 Å². The van der Waals surface area contributed by atoms with Crippen LogP contribution in [0.25, 0.3) is 0 Å². The van der Waals surface area contributed by atoms with Crippen molar-refractivity contribution < 1.29 is 14.7 Å². The highest BCUT2D eigenvalue weighted by molar-refractivity contribution is 7.10. The van der Waals surface area contributed by atoms with Crippen LogP contribution in [0.5, 0.6) is 0 Å². The molecule has 3 N–H and O–H groups in total. The second-order valence-corrected chi connectivity index (χ2v) is 5.87. The number of aliphatic hydroxyl groups is 1. The molecule has 5 nitrogen and oxygen atoms in total. The van der Waals surface area contributed by atoms with Crippen LogP contribution in [0, 0.1) is 5.92 Å². The Morgan fingerprint density at radius 1 is 1.45 bits per heavy atom. The van der Waals surface area contributed by atoms with Crippen LogP contribution in [0.4, 0.5) is 0 Å². The Bertz CT molecular complexity index is 420. The van der Waals surface area contributed by atoms with Crippen molar-refractivity contribution in [3.63, 3.8) is 0 Å². The molecule has 0 aliphatic rings. The smallest absolute Gasteiger partial charge is 0.222 e. The minimum Gasteiger partial charge on any atom is -0.396 e. The molecule has 0 radical (unpaired) electrons. The third-order valence-corrected chi connectivity index (χ3v) is 3.91. The van der Waals surface area contributed by atoms with Gasteiger partial charge in [0.15, 0.2) is 0 Å². The van der Waals surface area contributed by atoms with Gasteiger partial charge < -0.3 is 15.7 Å². The second-order valence-electron chi connectivity index (χ2n) is 4.89. The van der Waals surface area contributed by atoms with Gasteiger partial charge in [0.2, 0.25) is 11.8 Å². The van der Waals surface area contributed by atoms with Crippen LogP contribution in [-0.4, -0.2) is 30.1 Å². The van der Waals surface area contributed by atoms with Gasteiger partial charge in [-0.3, -0.25) is 9.59 Å². The maximum atomic E-state index is 11.9. The lowest BCUT2D eigenvalue weighted by atomic mass is 10.1. The lowest BCUT2D eigenvalue weighted by Gasteiger charge is -2.17. The van der Waals surface area contributed by atoms with E-state index in [4.69, 9.17) is 5.11 Å². The van der Waals surface area contributed by atoms with E-state index in [1.807, 2.05) is 24.4 Å². The van der Waals surface area contributed by atoms with Gasteiger partial charge in [-0.15, -0.1) is 11.3 Å². The SMILES string of the molecule is CC(=O)NC(CC(=O)NCC(C)CCO)c1cccs1. The van der Waals surface area contributed by atoms with Crippen molar-refractivity contribution in [2.24, 2.45) is 5.92 Å². The standard InChI is InChI=1S/C14H22N2O3S/c1-10(5-6-17)9-15-14(19)8-12(16-11(2)18)13-4-3-7-20-13/h3-4,7,10,12,17H,5-6,8-9H2,1-2H3,(H,15,19)(H,16,18). The van der Waals surface area contributed by atoms with Crippen molar-refractivity contribution in [2.45, 2.75) is 32.7 Å². The van der Waals surface area contributed by atoms with E-state index in [0.29, 0.717) is 13.0 Å². The summed E-state index contributed by atoms with van der Waals surface area (Å²) in [5, 5.41) is 16.4. The van der Waals surface area contributed by atoms with E-state index < -0.39 is 0 Å². The van der Waals surface area contributed by atoms with E-state index in [1.54, 1.807) is 0 Å². The first kappa shape index (κ1) is 16.7. The molecule has 2 amide bonds. The van der Waals surface area contributed by atoms with Crippen LogP contribution in [0.15, 0.2) is 17.5 Å². The first-order chi connectivity index (χ1) is 9.52. The largest absolute Gasteiger partial charge is 0.396 e. The van der Waals surface area contributed by atoms with E-state index in [1.165, 1.54) is 18.3 Å². The number of hydrogen-bond acceptors (Lipinski definition) is 4. The zero-order valence-electron chi connectivity index (χ0n) is 11.9. The van der Waals surface area contributed by atoms with Crippen molar-refractivity contribution in [3.8, 4) is 0 Å². The minimum atomic E-state index is -0.277. The van der Waals surface area contributed by atoms with Gasteiger partial charge in [-0.25, -0.2) is 0 Å². The molecule has 2 unspecified atom stereocenters. The third kappa shape index (κ3) is 6.16. The average Bonchev–Trinajstić information content (AvgIpc) is 2.89. The van der Waals surface area contributed by atoms with Crippen molar-refractivity contribution in [1.82, 2.24) is 10.6 Å². The zero-order chi connectivity index (χ0) is 15.0. The van der Waals surface area contributed by atoms with E-state index in [9.17, 15) is 9.59 Å². The minimum absolute atomic E-state index is 0.0954. The quantitative estimate of drug-likeness (QED) is 0.680. The molecule has 2 atom stereocenters. The molecule has 112 valence electrons. The highest BCUT2D eigenvalue weighted by Crippen LogP contribution is 2.21. The van der Waals surface area contributed by atoms with E-state index >= 15 is 0 Å². The number of aliphatic hydroxyl groups excluding tert-OH is 1. The molecule has 0 fully saturated rings. The van der Waals surface area contributed by atoms with Crippen molar-refractivity contribution in [1.29, 1.82) is 0 Å². The molecule has 0 saturated carbocycles. The summed E-state index contributed by atoms with van der Waals surface area (Å²) in [5.41, 5.74) is 0. The number of rotatable bonds is 8. The summed E-state index contributed by atoms with van der Waals surface area (Å²) >= 11 is 1.52. The monoisotopic (exact) mass is 298 g/mol. The maximum Gasteiger partial charge on any atom is 0.222 e. The maximum absolute atomic E-state index is 11.9. The molecule has 0 aliphatic heterocycles. The lowest BCUT2D eigenvalue weighted by Crippen LogP contribution is -2.34. The predicted octanol–water partition coefficient (Wildman–Crippen LogP) is 1.45. The lowest BCUT2D eigenvalue weighted by molar-refractivity contribution is -0.122. The Balaban J connectivity index is 2.48. The molecule has 0 saturated heterocycles. The second kappa shape index (κ2) is 8.71. The predicted molar refractivity (Wildman–Crippen MR) is 79.4 cm³/mol. The Labute approximate surface area is 123 Å². The van der Waals surface area contributed by atoms with Crippen LogP contribution in [0.2, 0.25) is 0 Å². The molecule has 0 bridgehead atoms. The zero-order valence-corrected chi connectivity index (χ0v) is 12.7. The van der Waals surface area contributed by atoms with Gasteiger partial charge in [0.25, 0.3) is 0 Å². The molecule has 20 heavy (non-hydrogen) atoms. The highest BCUT2D eigenvalue weighted by atomic mass is 32.1. The van der Waals surface area contributed by atoms with Gasteiger partial charge in [0.1, 0.15) is 0 Å². The average molecular weight is 298 g/mol.